The second-order valence-electron chi connectivity index (χ2n) is 8.96. The third-order valence-corrected chi connectivity index (χ3v) is 6.93. The maximum atomic E-state index is 9.44. The van der Waals surface area contributed by atoms with Gasteiger partial charge in [0.1, 0.15) is 24.3 Å². The Morgan fingerprint density at radius 1 is 0.744 bits per heavy atom. The predicted octanol–water partition coefficient (Wildman–Crippen LogP) is 5.56. The van der Waals surface area contributed by atoms with E-state index in [1.165, 1.54) is 0 Å². The maximum absolute atomic E-state index is 9.44. The lowest BCUT2D eigenvalue weighted by molar-refractivity contribution is 1.27. The van der Waals surface area contributed by atoms with Crippen LogP contribution < -0.4 is 0 Å². The number of nitrogens with zero attached hydrogens (tertiary/aromatic N) is 8. The first-order valence-electron chi connectivity index (χ1n) is 11.7. The first-order chi connectivity index (χ1) is 18.9. The summed E-state index contributed by atoms with van der Waals surface area (Å²) in [4.78, 5) is 18.6. The van der Waals surface area contributed by atoms with Gasteiger partial charge in [0, 0.05) is 45.5 Å². The molecule has 6 rings (SSSR count). The van der Waals surface area contributed by atoms with Crippen molar-refractivity contribution in [3.63, 3.8) is 0 Å². The summed E-state index contributed by atoms with van der Waals surface area (Å²) in [5.74, 6) is 0. The van der Waals surface area contributed by atoms with E-state index in [9.17, 15) is 21.0 Å². The highest BCUT2D eigenvalue weighted by Gasteiger charge is 2.35. The van der Waals surface area contributed by atoms with E-state index in [1.54, 1.807) is 24.3 Å². The Labute approximate surface area is 223 Å². The topological polar surface area (TPSA) is 146 Å². The summed E-state index contributed by atoms with van der Waals surface area (Å²) < 4.78 is 0. The number of allylic oxidation sites excluding steroid dienone is 5. The van der Waals surface area contributed by atoms with E-state index in [4.69, 9.17) is 15.0 Å². The van der Waals surface area contributed by atoms with Crippen molar-refractivity contribution in [2.45, 2.75) is 6.42 Å². The van der Waals surface area contributed by atoms with Crippen LogP contribution in [0.1, 0.15) is 39.9 Å². The van der Waals surface area contributed by atoms with Gasteiger partial charge >= 0.3 is 0 Å². The van der Waals surface area contributed by atoms with Crippen molar-refractivity contribution < 1.29 is 0 Å². The van der Waals surface area contributed by atoms with Gasteiger partial charge < -0.3 is 0 Å². The Balaban J connectivity index is 1.50. The van der Waals surface area contributed by atoms with Crippen LogP contribution in [0.2, 0.25) is 0 Å². The van der Waals surface area contributed by atoms with Crippen molar-refractivity contribution in [1.29, 1.82) is 21.0 Å². The summed E-state index contributed by atoms with van der Waals surface area (Å²) in [6.45, 7) is 12.4. The number of hydrogen-bond acceptors (Lipinski definition) is 8. The normalized spacial score (nSPS) is 15.9. The molecule has 0 saturated heterocycles. The maximum Gasteiger partial charge on any atom is 0.101 e. The first-order valence-corrected chi connectivity index (χ1v) is 11.7. The molecule has 178 valence electrons. The average molecular weight is 499 g/mol. The molecule has 0 aliphatic heterocycles. The van der Waals surface area contributed by atoms with Crippen LogP contribution in [-0.2, 0) is 0 Å². The van der Waals surface area contributed by atoms with E-state index < -0.39 is 0 Å². The van der Waals surface area contributed by atoms with Gasteiger partial charge in [0.15, 0.2) is 0 Å². The lowest BCUT2D eigenvalue weighted by atomic mass is 9.93. The van der Waals surface area contributed by atoms with Crippen LogP contribution in [0.5, 0.6) is 0 Å². The Bertz CT molecular complexity index is 2070. The molecule has 0 atom stereocenters. The zero-order chi connectivity index (χ0) is 27.4. The highest BCUT2D eigenvalue weighted by molar-refractivity contribution is 6.12. The summed E-state index contributed by atoms with van der Waals surface area (Å²) in [5, 5.41) is 37.6. The molecule has 0 radical (unpaired) electrons. The minimum atomic E-state index is 0.234. The lowest BCUT2D eigenvalue weighted by Gasteiger charge is -2.10. The quantitative estimate of drug-likeness (QED) is 0.331. The smallest absolute Gasteiger partial charge is 0.101 e. The standard InChI is InChI=1S/C31H14N8/c1-15-26-22(30(36-3)28(15)37-21-5-4-17(11-32)18(8-21)12-33)6-7-23-27(26)16(2)29-31(23)39-25-10-20(14-35)19(13-34)9-24(25)38-29/h4,6-10H,1-3,5H2. The third kappa shape index (κ3) is 3.20. The van der Waals surface area contributed by atoms with Crippen LogP contribution in [0.4, 0.5) is 0 Å². The number of aromatic nitrogens is 2. The van der Waals surface area contributed by atoms with Crippen LogP contribution in [0.15, 0.2) is 76.4 Å². The fourth-order valence-electron chi connectivity index (χ4n) is 5.14. The zero-order valence-corrected chi connectivity index (χ0v) is 20.4. The largest absolute Gasteiger partial charge is 0.262 e. The van der Waals surface area contributed by atoms with E-state index >= 15 is 0 Å². The molecule has 8 heteroatoms. The number of nitriles is 4. The molecule has 0 unspecified atom stereocenters. The molecule has 0 amide bonds. The third-order valence-electron chi connectivity index (χ3n) is 6.93. The van der Waals surface area contributed by atoms with Crippen LogP contribution in [0.3, 0.4) is 0 Å². The molecule has 0 spiro atoms. The molecule has 39 heavy (non-hydrogen) atoms. The summed E-state index contributed by atoms with van der Waals surface area (Å²) >= 11 is 0. The minimum absolute atomic E-state index is 0.234. The number of hydrogen-bond donors (Lipinski definition) is 0. The molecular weight excluding hydrogens is 484 g/mol. The lowest BCUT2D eigenvalue weighted by Crippen LogP contribution is -2.03. The van der Waals surface area contributed by atoms with Gasteiger partial charge in [0.05, 0.1) is 56.1 Å². The van der Waals surface area contributed by atoms with Crippen molar-refractivity contribution in [3.05, 3.63) is 99.9 Å². The Morgan fingerprint density at radius 2 is 1.36 bits per heavy atom. The summed E-state index contributed by atoms with van der Waals surface area (Å²) in [6.07, 6.45) is 3.67. The molecule has 3 aliphatic rings. The molecule has 1 heterocycles. The monoisotopic (exact) mass is 498 g/mol. The number of rotatable bonds is 2. The molecule has 8 nitrogen and oxygen atoms in total. The Kier molecular flexibility index (Phi) is 5.01. The van der Waals surface area contributed by atoms with Crippen LogP contribution >= 0.6 is 0 Å². The highest BCUT2D eigenvalue weighted by atomic mass is 14.9. The van der Waals surface area contributed by atoms with Crippen molar-refractivity contribution in [2.75, 3.05) is 0 Å². The summed E-state index contributed by atoms with van der Waals surface area (Å²) in [5.41, 5.74) is 9.43. The first kappa shape index (κ1) is 23.2. The zero-order valence-electron chi connectivity index (χ0n) is 20.4. The van der Waals surface area contributed by atoms with Crippen LogP contribution in [-0.4, -0.2) is 22.4 Å². The van der Waals surface area contributed by atoms with Gasteiger partial charge in [0.25, 0.3) is 0 Å². The van der Waals surface area contributed by atoms with Crippen LogP contribution in [0, 0.1) is 45.3 Å². The van der Waals surface area contributed by atoms with Crippen LogP contribution in [0.25, 0.3) is 39.1 Å². The molecule has 0 bridgehead atoms. The van der Waals surface area contributed by atoms with Gasteiger partial charge in [-0.25, -0.2) is 9.97 Å². The fraction of sp³-hybridized carbons (Fsp3) is 0.0323. The van der Waals surface area contributed by atoms with Gasteiger partial charge in [-0.1, -0.05) is 31.4 Å². The van der Waals surface area contributed by atoms with Crippen molar-refractivity contribution in [3.8, 4) is 35.5 Å². The summed E-state index contributed by atoms with van der Waals surface area (Å²) in [6, 6.07) is 15.1. The molecule has 3 aromatic rings. The van der Waals surface area contributed by atoms with E-state index in [-0.39, 0.29) is 16.7 Å². The second kappa shape index (κ2) is 8.43. The van der Waals surface area contributed by atoms with Crippen molar-refractivity contribution in [1.82, 2.24) is 9.97 Å². The van der Waals surface area contributed by atoms with Gasteiger partial charge in [-0.3, -0.25) is 9.98 Å². The van der Waals surface area contributed by atoms with E-state index in [0.29, 0.717) is 62.7 Å². The summed E-state index contributed by atoms with van der Waals surface area (Å²) in [7, 11) is 0. The van der Waals surface area contributed by atoms with Gasteiger partial charge in [-0.15, -0.1) is 0 Å². The average Bonchev–Trinajstić information content (AvgIpc) is 3.40. The predicted molar refractivity (Wildman–Crippen MR) is 147 cm³/mol. The van der Waals surface area contributed by atoms with Gasteiger partial charge in [-0.2, -0.15) is 21.0 Å². The van der Waals surface area contributed by atoms with Crippen molar-refractivity contribution >= 4 is 40.3 Å². The fourth-order valence-corrected chi connectivity index (χ4v) is 5.14. The molecule has 2 aromatic carbocycles. The Hall–Kier alpha value is -6.22. The molecule has 0 fully saturated rings. The molecule has 0 saturated carbocycles. The van der Waals surface area contributed by atoms with E-state index in [0.717, 1.165) is 22.3 Å². The number of aliphatic imine (C=N–C) groups is 2. The molecule has 1 aromatic heterocycles. The second-order valence-corrected chi connectivity index (χ2v) is 8.96. The highest BCUT2D eigenvalue weighted by Crippen LogP contribution is 2.52. The van der Waals surface area contributed by atoms with Gasteiger partial charge in [0.2, 0.25) is 0 Å². The van der Waals surface area contributed by atoms with Crippen molar-refractivity contribution in [2.24, 2.45) is 9.98 Å². The van der Waals surface area contributed by atoms with E-state index in [2.05, 4.69) is 24.9 Å². The Morgan fingerprint density at radius 3 is 1.97 bits per heavy atom. The number of benzene rings is 2. The molecule has 3 aliphatic carbocycles. The molecular formula is C31H14N8. The SMILES string of the molecule is C=NC1=C(N=C2C=C(C#N)C(C#N)=CC2)C(=C)c2c1ccc1c2C(=C)c2nc3cc(C#N)c(C#N)cc3nc2-1. The van der Waals surface area contributed by atoms with Gasteiger partial charge in [-0.05, 0) is 24.9 Å². The number of fused-ring (bicyclic) bond motifs is 6. The molecule has 0 N–H and O–H groups in total. The minimum Gasteiger partial charge on any atom is -0.262 e. The van der Waals surface area contributed by atoms with E-state index in [1.807, 2.05) is 36.4 Å².